The van der Waals surface area contributed by atoms with E-state index in [0.717, 1.165) is 34.9 Å². The van der Waals surface area contributed by atoms with Gasteiger partial charge in [-0.05, 0) is 30.7 Å². The maximum Gasteiger partial charge on any atom is 0.226 e. The monoisotopic (exact) mass is 248 g/mol. The Morgan fingerprint density at radius 2 is 2.29 bits per heavy atom. The van der Waals surface area contributed by atoms with Gasteiger partial charge in [0, 0.05) is 12.6 Å². The summed E-state index contributed by atoms with van der Waals surface area (Å²) in [4.78, 5) is 10.1. The second kappa shape index (κ2) is 4.49. The summed E-state index contributed by atoms with van der Waals surface area (Å²) in [6, 6.07) is 2.71. The van der Waals surface area contributed by atoms with Gasteiger partial charge in [0.05, 0.1) is 5.39 Å². The molecule has 2 N–H and O–H groups in total. The summed E-state index contributed by atoms with van der Waals surface area (Å²) < 4.78 is 0. The number of rotatable bonds is 5. The molecule has 4 nitrogen and oxygen atoms in total. The van der Waals surface area contributed by atoms with Gasteiger partial charge in [0.1, 0.15) is 10.6 Å². The van der Waals surface area contributed by atoms with E-state index in [2.05, 4.69) is 39.0 Å². The van der Waals surface area contributed by atoms with Gasteiger partial charge in [0.2, 0.25) is 5.95 Å². The third kappa shape index (κ3) is 2.34. The maximum absolute atomic E-state index is 4.56. The van der Waals surface area contributed by atoms with Crippen molar-refractivity contribution in [1.29, 1.82) is 0 Å². The molecule has 0 radical (unpaired) electrons. The predicted octanol–water partition coefficient (Wildman–Crippen LogP) is 3.09. The molecule has 0 amide bonds. The van der Waals surface area contributed by atoms with Crippen LogP contribution in [0.25, 0.3) is 10.2 Å². The Kier molecular flexibility index (Phi) is 2.84. The fraction of sp³-hybridized carbons (Fsp3) is 0.500. The van der Waals surface area contributed by atoms with Crippen molar-refractivity contribution in [3.05, 3.63) is 11.4 Å². The van der Waals surface area contributed by atoms with Crippen LogP contribution in [0.15, 0.2) is 11.4 Å². The largest absolute Gasteiger partial charge is 0.367 e. The first-order valence-corrected chi connectivity index (χ1v) is 7.00. The molecule has 2 heterocycles. The second-order valence-electron chi connectivity index (χ2n) is 4.38. The highest BCUT2D eigenvalue weighted by molar-refractivity contribution is 7.16. The Bertz CT molecular complexity index is 518. The summed E-state index contributed by atoms with van der Waals surface area (Å²) in [6.45, 7) is 3.06. The maximum atomic E-state index is 4.56. The average molecular weight is 248 g/mol. The Balaban J connectivity index is 1.94. The zero-order chi connectivity index (χ0) is 11.7. The van der Waals surface area contributed by atoms with Crippen LogP contribution in [0.5, 0.6) is 0 Å². The van der Waals surface area contributed by atoms with E-state index in [0.29, 0.717) is 6.04 Å². The molecular formula is C12H16N4S. The van der Waals surface area contributed by atoms with Crippen LogP contribution in [0, 0.1) is 0 Å². The third-order valence-corrected chi connectivity index (χ3v) is 3.58. The standard InChI is InChI=1S/C12H16N4S/c1-2-6-13-12-15-10(14-8-3-4-8)9-5-7-17-11(9)16-12/h5,7-8H,2-4,6H2,1H3,(H2,13,14,15,16). The van der Waals surface area contributed by atoms with Crippen LogP contribution in [0.2, 0.25) is 0 Å². The van der Waals surface area contributed by atoms with Crippen molar-refractivity contribution in [1.82, 2.24) is 9.97 Å². The van der Waals surface area contributed by atoms with Gasteiger partial charge in [-0.3, -0.25) is 0 Å². The summed E-state index contributed by atoms with van der Waals surface area (Å²) >= 11 is 1.67. The second-order valence-corrected chi connectivity index (χ2v) is 5.28. The topological polar surface area (TPSA) is 49.8 Å². The van der Waals surface area contributed by atoms with E-state index in [1.807, 2.05) is 0 Å². The molecule has 0 atom stereocenters. The van der Waals surface area contributed by atoms with Crippen molar-refractivity contribution >= 4 is 33.3 Å². The Morgan fingerprint density at radius 3 is 3.06 bits per heavy atom. The number of hydrogen-bond donors (Lipinski definition) is 2. The number of anilines is 2. The van der Waals surface area contributed by atoms with Crippen LogP contribution in [-0.4, -0.2) is 22.6 Å². The molecule has 0 unspecified atom stereocenters. The predicted molar refractivity (Wildman–Crippen MR) is 72.8 cm³/mol. The highest BCUT2D eigenvalue weighted by atomic mass is 32.1. The van der Waals surface area contributed by atoms with Crippen molar-refractivity contribution in [2.75, 3.05) is 17.2 Å². The van der Waals surface area contributed by atoms with Crippen LogP contribution >= 0.6 is 11.3 Å². The number of nitrogens with zero attached hydrogens (tertiary/aromatic N) is 2. The molecular weight excluding hydrogens is 232 g/mol. The lowest BCUT2D eigenvalue weighted by atomic mass is 10.3. The van der Waals surface area contributed by atoms with Crippen molar-refractivity contribution in [3.63, 3.8) is 0 Å². The minimum atomic E-state index is 0.618. The summed E-state index contributed by atoms with van der Waals surface area (Å²) in [7, 11) is 0. The van der Waals surface area contributed by atoms with Gasteiger partial charge in [-0.1, -0.05) is 6.92 Å². The quantitative estimate of drug-likeness (QED) is 0.853. The average Bonchev–Trinajstić information content (AvgIpc) is 3.01. The number of hydrogen-bond acceptors (Lipinski definition) is 5. The first-order chi connectivity index (χ1) is 8.36. The van der Waals surface area contributed by atoms with E-state index in [1.165, 1.54) is 12.8 Å². The van der Waals surface area contributed by atoms with E-state index in [-0.39, 0.29) is 0 Å². The van der Waals surface area contributed by atoms with E-state index in [4.69, 9.17) is 0 Å². The van der Waals surface area contributed by atoms with Gasteiger partial charge >= 0.3 is 0 Å². The smallest absolute Gasteiger partial charge is 0.226 e. The highest BCUT2D eigenvalue weighted by Gasteiger charge is 2.22. The Labute approximate surface area is 104 Å². The van der Waals surface area contributed by atoms with Crippen LogP contribution in [0.4, 0.5) is 11.8 Å². The molecule has 1 aliphatic carbocycles. The van der Waals surface area contributed by atoms with Gasteiger partial charge < -0.3 is 10.6 Å². The molecule has 5 heteroatoms. The summed E-state index contributed by atoms with van der Waals surface area (Å²) in [5.74, 6) is 1.72. The minimum absolute atomic E-state index is 0.618. The lowest BCUT2D eigenvalue weighted by Gasteiger charge is -2.08. The SMILES string of the molecule is CCCNc1nc(NC2CC2)c2ccsc2n1. The number of nitrogens with one attached hydrogen (secondary N) is 2. The zero-order valence-electron chi connectivity index (χ0n) is 9.86. The molecule has 90 valence electrons. The van der Waals surface area contributed by atoms with Gasteiger partial charge in [0.25, 0.3) is 0 Å². The Morgan fingerprint density at radius 1 is 1.41 bits per heavy atom. The highest BCUT2D eigenvalue weighted by Crippen LogP contribution is 2.30. The first-order valence-electron chi connectivity index (χ1n) is 6.12. The van der Waals surface area contributed by atoms with E-state index in [9.17, 15) is 0 Å². The molecule has 0 spiro atoms. The molecule has 0 aromatic carbocycles. The van der Waals surface area contributed by atoms with Crippen LogP contribution in [-0.2, 0) is 0 Å². The van der Waals surface area contributed by atoms with Gasteiger partial charge in [-0.15, -0.1) is 11.3 Å². The van der Waals surface area contributed by atoms with E-state index < -0.39 is 0 Å². The van der Waals surface area contributed by atoms with Crippen LogP contribution in [0.1, 0.15) is 26.2 Å². The zero-order valence-corrected chi connectivity index (χ0v) is 10.7. The normalized spacial score (nSPS) is 15.1. The molecule has 0 bridgehead atoms. The summed E-state index contributed by atoms with van der Waals surface area (Å²) in [6.07, 6.45) is 3.60. The van der Waals surface area contributed by atoms with Crippen molar-refractivity contribution in [3.8, 4) is 0 Å². The molecule has 0 saturated heterocycles. The number of thiophene rings is 1. The minimum Gasteiger partial charge on any atom is -0.367 e. The molecule has 3 rings (SSSR count). The van der Waals surface area contributed by atoms with Gasteiger partial charge in [-0.25, -0.2) is 4.98 Å². The lowest BCUT2D eigenvalue weighted by molar-refractivity contribution is 0.956. The van der Waals surface area contributed by atoms with Crippen molar-refractivity contribution in [2.24, 2.45) is 0 Å². The van der Waals surface area contributed by atoms with Crippen molar-refractivity contribution < 1.29 is 0 Å². The van der Waals surface area contributed by atoms with Gasteiger partial charge in [0.15, 0.2) is 0 Å². The van der Waals surface area contributed by atoms with Gasteiger partial charge in [-0.2, -0.15) is 4.98 Å². The summed E-state index contributed by atoms with van der Waals surface area (Å²) in [5.41, 5.74) is 0. The molecule has 1 aliphatic rings. The fourth-order valence-corrected chi connectivity index (χ4v) is 2.47. The van der Waals surface area contributed by atoms with E-state index in [1.54, 1.807) is 11.3 Å². The van der Waals surface area contributed by atoms with Crippen LogP contribution in [0.3, 0.4) is 0 Å². The fourth-order valence-electron chi connectivity index (χ4n) is 1.70. The molecule has 17 heavy (non-hydrogen) atoms. The van der Waals surface area contributed by atoms with Crippen LogP contribution < -0.4 is 10.6 Å². The number of aromatic nitrogens is 2. The lowest BCUT2D eigenvalue weighted by Crippen LogP contribution is -2.08. The molecule has 1 saturated carbocycles. The third-order valence-electron chi connectivity index (χ3n) is 2.78. The Hall–Kier alpha value is -1.36. The number of fused-ring (bicyclic) bond motifs is 1. The summed E-state index contributed by atoms with van der Waals surface area (Å²) in [5, 5.41) is 9.95. The van der Waals surface area contributed by atoms with E-state index >= 15 is 0 Å². The van der Waals surface area contributed by atoms with Crippen molar-refractivity contribution in [2.45, 2.75) is 32.2 Å². The molecule has 1 fully saturated rings. The first kappa shape index (κ1) is 10.8. The molecule has 2 aromatic heterocycles. The molecule has 0 aliphatic heterocycles. The molecule has 2 aromatic rings.